The first-order valence-corrected chi connectivity index (χ1v) is 29.8. The molecular formula is C58H119N5O. The van der Waals surface area contributed by atoms with Crippen molar-refractivity contribution in [2.45, 2.75) is 285 Å². The van der Waals surface area contributed by atoms with Crippen molar-refractivity contribution >= 4 is 5.91 Å². The summed E-state index contributed by atoms with van der Waals surface area (Å²) >= 11 is 0. The molecule has 0 aromatic rings. The smallest absolute Gasteiger partial charge is 0.236 e. The second kappa shape index (κ2) is 50.2. The molecule has 1 rings (SSSR count). The number of unbranched alkanes of at least 4 members (excludes halogenated alkanes) is 36. The molecule has 0 aromatic carbocycles. The summed E-state index contributed by atoms with van der Waals surface area (Å²) in [5, 5.41) is 3.48. The molecule has 6 nitrogen and oxygen atoms in total. The topological polar surface area (TPSA) is 42.1 Å². The molecule has 0 spiro atoms. The molecule has 1 aliphatic heterocycles. The third-order valence-corrected chi connectivity index (χ3v) is 14.7. The Morgan fingerprint density at radius 1 is 0.344 bits per heavy atom. The van der Waals surface area contributed by atoms with Crippen molar-refractivity contribution in [1.82, 2.24) is 24.9 Å². The summed E-state index contributed by atoms with van der Waals surface area (Å²) in [4.78, 5) is 23.6. The lowest BCUT2D eigenvalue weighted by Crippen LogP contribution is -2.52. The van der Waals surface area contributed by atoms with Gasteiger partial charge >= 0.3 is 0 Å². The first-order chi connectivity index (χ1) is 31.6. The van der Waals surface area contributed by atoms with Crippen molar-refractivity contribution in [2.75, 3.05) is 85.1 Å². The molecule has 0 aliphatic carbocycles. The number of nitrogens with one attached hydrogen (secondary N) is 1. The van der Waals surface area contributed by atoms with E-state index in [1.807, 2.05) is 0 Å². The third kappa shape index (κ3) is 41.5. The zero-order valence-corrected chi connectivity index (χ0v) is 44.7. The van der Waals surface area contributed by atoms with Crippen LogP contribution in [0, 0.1) is 0 Å². The number of carbonyl (C=O) groups is 1. The van der Waals surface area contributed by atoms with Crippen LogP contribution >= 0.6 is 0 Å². The first-order valence-electron chi connectivity index (χ1n) is 29.8. The van der Waals surface area contributed by atoms with E-state index < -0.39 is 0 Å². The summed E-state index contributed by atoms with van der Waals surface area (Å²) in [6.45, 7) is 23.2. The van der Waals surface area contributed by atoms with Gasteiger partial charge in [0.25, 0.3) is 0 Å². The fourth-order valence-electron chi connectivity index (χ4n) is 9.97. The summed E-state index contributed by atoms with van der Waals surface area (Å²) in [5.41, 5.74) is 0. The molecule has 1 saturated heterocycles. The third-order valence-electron chi connectivity index (χ3n) is 14.7. The second-order valence-corrected chi connectivity index (χ2v) is 20.8. The lowest BCUT2D eigenvalue weighted by molar-refractivity contribution is -0.132. The van der Waals surface area contributed by atoms with Gasteiger partial charge < -0.3 is 20.0 Å². The molecule has 6 heteroatoms. The van der Waals surface area contributed by atoms with Crippen LogP contribution in [0.2, 0.25) is 0 Å². The van der Waals surface area contributed by atoms with Gasteiger partial charge in [-0.25, -0.2) is 0 Å². The van der Waals surface area contributed by atoms with E-state index in [2.05, 4.69) is 52.6 Å². The Morgan fingerprint density at radius 2 is 0.625 bits per heavy atom. The Labute approximate surface area is 403 Å². The van der Waals surface area contributed by atoms with Gasteiger partial charge in [0.05, 0.1) is 6.54 Å². The number of hydrogen-bond acceptors (Lipinski definition) is 5. The molecule has 1 amide bonds. The fraction of sp³-hybridized carbons (Fsp3) is 0.983. The van der Waals surface area contributed by atoms with Gasteiger partial charge in [0.15, 0.2) is 0 Å². The minimum Gasteiger partial charge on any atom is -0.339 e. The second-order valence-electron chi connectivity index (χ2n) is 20.8. The van der Waals surface area contributed by atoms with Gasteiger partial charge in [-0.1, -0.05) is 259 Å². The normalized spacial score (nSPS) is 13.6. The Balaban J connectivity index is 2.55. The van der Waals surface area contributed by atoms with Gasteiger partial charge in [0.1, 0.15) is 0 Å². The number of carbonyl (C=O) groups excluding carboxylic acids is 1. The van der Waals surface area contributed by atoms with E-state index in [1.54, 1.807) is 0 Å². The summed E-state index contributed by atoms with van der Waals surface area (Å²) in [6.07, 6.45) is 56.1. The van der Waals surface area contributed by atoms with Crippen molar-refractivity contribution in [3.05, 3.63) is 0 Å². The van der Waals surface area contributed by atoms with E-state index >= 15 is 0 Å². The molecule has 382 valence electrons. The van der Waals surface area contributed by atoms with Crippen molar-refractivity contribution in [3.63, 3.8) is 0 Å². The Morgan fingerprint density at radius 3 is 0.953 bits per heavy atom. The fourth-order valence-corrected chi connectivity index (χ4v) is 9.97. The number of nitrogens with zero attached hydrogens (tertiary/aromatic N) is 4. The van der Waals surface area contributed by atoms with Gasteiger partial charge in [0, 0.05) is 52.4 Å². The Kier molecular flexibility index (Phi) is 48.1. The summed E-state index contributed by atoms with van der Waals surface area (Å²) in [5.74, 6) is 0.305. The quantitative estimate of drug-likeness (QED) is 0.0616. The number of piperazine rings is 1. The molecule has 0 saturated carbocycles. The molecule has 0 aromatic heterocycles. The van der Waals surface area contributed by atoms with E-state index in [0.29, 0.717) is 12.5 Å². The van der Waals surface area contributed by atoms with Gasteiger partial charge in [-0.15, -0.1) is 0 Å². The van der Waals surface area contributed by atoms with Crippen LogP contribution < -0.4 is 5.32 Å². The van der Waals surface area contributed by atoms with E-state index in [1.165, 1.54) is 296 Å². The summed E-state index contributed by atoms with van der Waals surface area (Å²) in [6, 6.07) is 0. The van der Waals surface area contributed by atoms with Crippen LogP contribution in [0.1, 0.15) is 285 Å². The molecule has 1 aliphatic rings. The van der Waals surface area contributed by atoms with Crippen LogP contribution in [0.25, 0.3) is 0 Å². The standard InChI is InChI=1S/C58H119N5O/c1-5-9-13-17-21-25-29-33-37-41-45-59-57-58(64)63-55-53-62(54-56-63)52-51-61(48-44-40-36-32-28-24-20-16-12-8-4)50-49-60(46-42-38-34-30-26-22-18-14-10-6-2)47-43-39-35-31-27-23-19-15-11-7-3/h59H,5-57H2,1-4H3. The van der Waals surface area contributed by atoms with Crippen LogP contribution in [0.4, 0.5) is 0 Å². The lowest BCUT2D eigenvalue weighted by Gasteiger charge is -2.36. The van der Waals surface area contributed by atoms with Gasteiger partial charge in [-0.05, 0) is 51.9 Å². The highest BCUT2D eigenvalue weighted by Crippen LogP contribution is 2.15. The van der Waals surface area contributed by atoms with Crippen LogP contribution in [0.3, 0.4) is 0 Å². The zero-order valence-electron chi connectivity index (χ0n) is 44.7. The largest absolute Gasteiger partial charge is 0.339 e. The van der Waals surface area contributed by atoms with E-state index in [4.69, 9.17) is 0 Å². The maximum absolute atomic E-state index is 13.1. The molecule has 0 bridgehead atoms. The molecule has 1 fully saturated rings. The zero-order chi connectivity index (χ0) is 46.1. The van der Waals surface area contributed by atoms with E-state index in [9.17, 15) is 4.79 Å². The van der Waals surface area contributed by atoms with Gasteiger partial charge in [0.2, 0.25) is 5.91 Å². The summed E-state index contributed by atoms with van der Waals surface area (Å²) in [7, 11) is 0. The highest BCUT2D eigenvalue weighted by molar-refractivity contribution is 5.78. The minimum atomic E-state index is 0.305. The van der Waals surface area contributed by atoms with Crippen LogP contribution in [-0.4, -0.2) is 111 Å². The average Bonchev–Trinajstić information content (AvgIpc) is 3.31. The minimum absolute atomic E-state index is 0.305. The van der Waals surface area contributed by atoms with Crippen molar-refractivity contribution in [1.29, 1.82) is 0 Å². The monoisotopic (exact) mass is 902 g/mol. The number of rotatable bonds is 52. The van der Waals surface area contributed by atoms with Crippen LogP contribution in [0.5, 0.6) is 0 Å². The van der Waals surface area contributed by atoms with Crippen LogP contribution in [-0.2, 0) is 4.79 Å². The number of hydrogen-bond donors (Lipinski definition) is 1. The summed E-state index contributed by atoms with van der Waals surface area (Å²) < 4.78 is 0. The van der Waals surface area contributed by atoms with E-state index in [-0.39, 0.29) is 0 Å². The first kappa shape index (κ1) is 61.3. The highest BCUT2D eigenvalue weighted by Gasteiger charge is 2.21. The van der Waals surface area contributed by atoms with Crippen molar-refractivity contribution in [3.8, 4) is 0 Å². The lowest BCUT2D eigenvalue weighted by atomic mass is 10.1. The van der Waals surface area contributed by atoms with Crippen LogP contribution in [0.15, 0.2) is 0 Å². The molecule has 0 unspecified atom stereocenters. The van der Waals surface area contributed by atoms with Crippen molar-refractivity contribution in [2.24, 2.45) is 0 Å². The molecular weight excluding hydrogens is 783 g/mol. The molecule has 1 heterocycles. The molecule has 0 atom stereocenters. The van der Waals surface area contributed by atoms with Gasteiger partial charge in [-0.2, -0.15) is 0 Å². The predicted octanol–water partition coefficient (Wildman–Crippen LogP) is 16.0. The highest BCUT2D eigenvalue weighted by atomic mass is 16.2. The average molecular weight is 903 g/mol. The Hall–Kier alpha value is -0.690. The predicted molar refractivity (Wildman–Crippen MR) is 286 cm³/mol. The maximum Gasteiger partial charge on any atom is 0.236 e. The molecule has 0 radical (unpaired) electrons. The molecule has 64 heavy (non-hydrogen) atoms. The molecule has 1 N–H and O–H groups in total. The van der Waals surface area contributed by atoms with E-state index in [0.717, 1.165) is 39.3 Å². The Bertz CT molecular complexity index is 885. The van der Waals surface area contributed by atoms with Gasteiger partial charge in [-0.3, -0.25) is 9.69 Å². The number of amides is 1. The SMILES string of the molecule is CCCCCCCCCCCCNCC(=O)N1CCN(CCN(CCCCCCCCCCCC)CCN(CCCCCCCCCCCC)CCCCCCCCCCCC)CC1. The van der Waals surface area contributed by atoms with Crippen molar-refractivity contribution < 1.29 is 4.79 Å². The maximum atomic E-state index is 13.1.